The van der Waals surface area contributed by atoms with Crippen LogP contribution in [0.5, 0.6) is 0 Å². The van der Waals surface area contributed by atoms with Crippen LogP contribution < -0.4 is 5.32 Å². The number of nitrogens with one attached hydrogen (secondary N) is 1. The van der Waals surface area contributed by atoms with Crippen molar-refractivity contribution in [3.05, 3.63) is 48.0 Å². The first kappa shape index (κ1) is 24.9. The van der Waals surface area contributed by atoms with E-state index in [9.17, 15) is 29.1 Å². The average Bonchev–Trinajstić information content (AvgIpc) is 2.91. The second-order valence-corrected chi connectivity index (χ2v) is 8.28. The molecule has 2 rings (SSSR count). The number of carboxylic acids is 1. The molecule has 172 valence electrons. The van der Waals surface area contributed by atoms with E-state index < -0.39 is 47.2 Å². The van der Waals surface area contributed by atoms with Crippen LogP contribution in [0.25, 0.3) is 0 Å². The number of aldehydes is 1. The number of likely N-dealkylation sites (tertiary alicyclic amines) is 1. The first-order valence-corrected chi connectivity index (χ1v) is 10.2. The van der Waals surface area contributed by atoms with Gasteiger partial charge in [0.25, 0.3) is 5.91 Å². The Morgan fingerprint density at radius 1 is 1.25 bits per heavy atom. The highest BCUT2D eigenvalue weighted by Crippen LogP contribution is 2.38. The number of carbonyl (C=O) groups is 5. The average molecular weight is 444 g/mol. The maximum absolute atomic E-state index is 13.2. The predicted molar refractivity (Wildman–Crippen MR) is 114 cm³/mol. The van der Waals surface area contributed by atoms with Crippen molar-refractivity contribution >= 4 is 30.0 Å². The van der Waals surface area contributed by atoms with Crippen molar-refractivity contribution in [3.63, 3.8) is 0 Å². The molecular formula is C23H28N2O7. The van der Waals surface area contributed by atoms with Crippen molar-refractivity contribution in [1.82, 2.24) is 10.2 Å². The number of hydrogen-bond acceptors (Lipinski definition) is 6. The lowest BCUT2D eigenvalue weighted by atomic mass is 9.83. The maximum atomic E-state index is 13.2. The number of aliphatic carboxylic acids is 1. The number of carboxylic acid groups (broad SMARTS) is 1. The Morgan fingerprint density at radius 2 is 1.84 bits per heavy atom. The van der Waals surface area contributed by atoms with Crippen molar-refractivity contribution in [1.29, 1.82) is 0 Å². The van der Waals surface area contributed by atoms with Gasteiger partial charge in [0.05, 0.1) is 5.92 Å². The lowest BCUT2D eigenvalue weighted by molar-refractivity contribution is -0.152. The SMILES string of the molecule is C=CC1C(=O)N([C@@H](Cc2ccc(C(C=O)C(=O)O)cc2)C(=O)NC)C(=O)[C@@]1(O)CC(C)C. The quantitative estimate of drug-likeness (QED) is 0.208. The number of rotatable bonds is 10. The minimum atomic E-state index is -1.98. The summed E-state index contributed by atoms with van der Waals surface area (Å²) in [7, 11) is 1.37. The number of hydrogen-bond donors (Lipinski definition) is 3. The van der Waals surface area contributed by atoms with Crippen molar-refractivity contribution in [2.24, 2.45) is 11.8 Å². The van der Waals surface area contributed by atoms with Gasteiger partial charge in [-0.25, -0.2) is 0 Å². The lowest BCUT2D eigenvalue weighted by Crippen LogP contribution is -2.52. The van der Waals surface area contributed by atoms with Gasteiger partial charge in [-0.2, -0.15) is 0 Å². The van der Waals surface area contributed by atoms with Crippen LogP contribution in [0.2, 0.25) is 0 Å². The second-order valence-electron chi connectivity index (χ2n) is 8.28. The van der Waals surface area contributed by atoms with E-state index in [0.29, 0.717) is 11.8 Å². The van der Waals surface area contributed by atoms with Gasteiger partial charge >= 0.3 is 5.97 Å². The molecular weight excluding hydrogens is 416 g/mol. The Morgan fingerprint density at radius 3 is 2.28 bits per heavy atom. The normalized spacial score (nSPS) is 22.5. The molecule has 1 fully saturated rings. The van der Waals surface area contributed by atoms with E-state index in [1.807, 2.05) is 0 Å². The molecule has 0 aromatic heterocycles. The van der Waals surface area contributed by atoms with Gasteiger partial charge in [0.15, 0.2) is 5.60 Å². The van der Waals surface area contributed by atoms with Crippen LogP contribution in [-0.4, -0.2) is 63.8 Å². The topological polar surface area (TPSA) is 141 Å². The third-order valence-electron chi connectivity index (χ3n) is 5.59. The first-order chi connectivity index (χ1) is 15.0. The Balaban J connectivity index is 2.40. The van der Waals surface area contributed by atoms with Gasteiger partial charge in [-0.3, -0.25) is 24.1 Å². The van der Waals surface area contributed by atoms with Crippen molar-refractivity contribution < 1.29 is 34.2 Å². The Hall–Kier alpha value is -3.33. The predicted octanol–water partition coefficient (Wildman–Crippen LogP) is 0.659. The summed E-state index contributed by atoms with van der Waals surface area (Å²) in [6.07, 6.45) is 1.51. The smallest absolute Gasteiger partial charge is 0.318 e. The highest BCUT2D eigenvalue weighted by molar-refractivity contribution is 6.12. The summed E-state index contributed by atoms with van der Waals surface area (Å²) < 4.78 is 0. The standard InChI is InChI=1S/C23H28N2O7/c1-5-17-20(28)25(22(31)23(17,32)11-13(2)3)18(19(27)24-4)10-14-6-8-15(9-7-14)16(12-26)21(29)30/h5-9,12-13,16-18,32H,1,10-11H2,2-4H3,(H,24,27)(H,29,30)/t16?,17?,18-,23+/m0/s1. The molecule has 3 amide bonds. The summed E-state index contributed by atoms with van der Waals surface area (Å²) in [5.74, 6) is -6.02. The minimum absolute atomic E-state index is 0.0300. The van der Waals surface area contributed by atoms with Crippen LogP contribution in [0, 0.1) is 11.8 Å². The number of carbonyl (C=O) groups excluding carboxylic acids is 4. The molecule has 1 heterocycles. The van der Waals surface area contributed by atoms with Crippen LogP contribution in [-0.2, 0) is 30.4 Å². The number of aliphatic hydroxyl groups is 1. The van der Waals surface area contributed by atoms with E-state index in [2.05, 4.69) is 11.9 Å². The zero-order chi connectivity index (χ0) is 24.2. The molecule has 0 spiro atoms. The van der Waals surface area contributed by atoms with Gasteiger partial charge in [-0.15, -0.1) is 6.58 Å². The third kappa shape index (κ3) is 4.62. The van der Waals surface area contributed by atoms with Gasteiger partial charge in [0, 0.05) is 13.5 Å². The zero-order valence-electron chi connectivity index (χ0n) is 18.3. The van der Waals surface area contributed by atoms with Gasteiger partial charge in [-0.05, 0) is 23.5 Å². The summed E-state index contributed by atoms with van der Waals surface area (Å²) in [5.41, 5.74) is -1.19. The summed E-state index contributed by atoms with van der Waals surface area (Å²) in [5, 5.41) is 22.6. The maximum Gasteiger partial charge on any atom is 0.318 e. The zero-order valence-corrected chi connectivity index (χ0v) is 18.3. The number of imide groups is 1. The molecule has 9 heteroatoms. The largest absolute Gasteiger partial charge is 0.480 e. The summed E-state index contributed by atoms with van der Waals surface area (Å²) >= 11 is 0. The van der Waals surface area contributed by atoms with Crippen LogP contribution in [0.15, 0.2) is 36.9 Å². The van der Waals surface area contributed by atoms with Crippen LogP contribution >= 0.6 is 0 Å². The molecule has 2 unspecified atom stereocenters. The first-order valence-electron chi connectivity index (χ1n) is 10.2. The van der Waals surface area contributed by atoms with E-state index in [0.717, 1.165) is 4.90 Å². The Bertz CT molecular complexity index is 925. The minimum Gasteiger partial charge on any atom is -0.480 e. The molecule has 1 aliphatic rings. The van der Waals surface area contributed by atoms with Gasteiger partial charge in [0.1, 0.15) is 18.2 Å². The number of benzene rings is 1. The monoisotopic (exact) mass is 444 g/mol. The number of likely N-dealkylation sites (N-methyl/N-ethyl adjacent to an activating group) is 1. The van der Waals surface area contributed by atoms with Gasteiger partial charge < -0.3 is 20.3 Å². The van der Waals surface area contributed by atoms with E-state index >= 15 is 0 Å². The molecule has 9 nitrogen and oxygen atoms in total. The fraction of sp³-hybridized carbons (Fsp3) is 0.435. The van der Waals surface area contributed by atoms with Crippen LogP contribution in [0.3, 0.4) is 0 Å². The van der Waals surface area contributed by atoms with Crippen molar-refractivity contribution in [3.8, 4) is 0 Å². The van der Waals surface area contributed by atoms with Crippen LogP contribution in [0.1, 0.15) is 37.3 Å². The highest BCUT2D eigenvalue weighted by Gasteiger charge is 2.59. The van der Waals surface area contributed by atoms with E-state index in [4.69, 9.17) is 5.11 Å². The second kappa shape index (κ2) is 9.86. The summed E-state index contributed by atoms with van der Waals surface area (Å²) in [4.78, 5) is 61.9. The summed E-state index contributed by atoms with van der Waals surface area (Å²) in [6.45, 7) is 7.20. The molecule has 1 saturated heterocycles. The molecule has 1 aromatic carbocycles. The van der Waals surface area contributed by atoms with E-state index in [1.54, 1.807) is 13.8 Å². The van der Waals surface area contributed by atoms with E-state index in [-0.39, 0.29) is 24.3 Å². The fourth-order valence-corrected chi connectivity index (χ4v) is 4.05. The molecule has 0 bridgehead atoms. The van der Waals surface area contributed by atoms with E-state index in [1.165, 1.54) is 37.4 Å². The molecule has 32 heavy (non-hydrogen) atoms. The van der Waals surface area contributed by atoms with Gasteiger partial charge in [0.2, 0.25) is 11.8 Å². The van der Waals surface area contributed by atoms with Crippen molar-refractivity contribution in [2.45, 2.75) is 44.2 Å². The molecule has 4 atom stereocenters. The molecule has 0 saturated carbocycles. The molecule has 0 aliphatic carbocycles. The molecule has 1 aliphatic heterocycles. The van der Waals surface area contributed by atoms with Crippen LogP contribution in [0.4, 0.5) is 0 Å². The molecule has 3 N–H and O–H groups in total. The lowest BCUT2D eigenvalue weighted by Gasteiger charge is -2.28. The summed E-state index contributed by atoms with van der Waals surface area (Å²) in [6, 6.07) is 4.72. The number of nitrogens with zero attached hydrogens (tertiary/aromatic N) is 1. The van der Waals surface area contributed by atoms with Crippen molar-refractivity contribution in [2.75, 3.05) is 7.05 Å². The van der Waals surface area contributed by atoms with Gasteiger partial charge in [-0.1, -0.05) is 44.2 Å². The molecule has 1 aromatic rings. The Labute approximate surface area is 186 Å². The molecule has 0 radical (unpaired) electrons. The highest BCUT2D eigenvalue weighted by atomic mass is 16.4. The fourth-order valence-electron chi connectivity index (χ4n) is 4.05. The number of amides is 3. The third-order valence-corrected chi connectivity index (χ3v) is 5.59. The Kier molecular flexibility index (Phi) is 7.69.